The number of benzene rings is 3. The van der Waals surface area contributed by atoms with Gasteiger partial charge in [0.15, 0.2) is 0 Å². The second-order valence-corrected chi connectivity index (χ2v) is 7.65. The van der Waals surface area contributed by atoms with Gasteiger partial charge in [-0.25, -0.2) is 0 Å². The summed E-state index contributed by atoms with van der Waals surface area (Å²) in [5.41, 5.74) is 3.01. The highest BCUT2D eigenvalue weighted by Gasteiger charge is 2.13. The van der Waals surface area contributed by atoms with Crippen LogP contribution in [0.3, 0.4) is 0 Å². The zero-order valence-corrected chi connectivity index (χ0v) is 17.8. The maximum absolute atomic E-state index is 12.6. The van der Waals surface area contributed by atoms with Crippen LogP contribution in [0.25, 0.3) is 0 Å². The fourth-order valence-electron chi connectivity index (χ4n) is 3.02. The molecule has 2 amide bonds. The number of carbonyl (C=O) groups is 2. The van der Waals surface area contributed by atoms with E-state index in [1.165, 1.54) is 0 Å². The number of amides is 2. The minimum atomic E-state index is -0.216. The van der Waals surface area contributed by atoms with Crippen LogP contribution in [0.5, 0.6) is 0 Å². The van der Waals surface area contributed by atoms with Crippen LogP contribution in [0.15, 0.2) is 72.8 Å². The summed E-state index contributed by atoms with van der Waals surface area (Å²) in [5, 5.41) is 6.70. The molecule has 3 rings (SSSR count). The Balaban J connectivity index is 1.55. The Kier molecular flexibility index (Phi) is 7.89. The van der Waals surface area contributed by atoms with Gasteiger partial charge in [0.1, 0.15) is 0 Å². The van der Waals surface area contributed by atoms with Gasteiger partial charge in [0.05, 0.1) is 21.3 Å². The van der Waals surface area contributed by atoms with Crippen molar-refractivity contribution in [2.75, 3.05) is 11.9 Å². The molecule has 0 atom stereocenters. The molecule has 0 aliphatic carbocycles. The summed E-state index contributed by atoms with van der Waals surface area (Å²) >= 11 is 11.9. The highest BCUT2D eigenvalue weighted by Crippen LogP contribution is 2.23. The highest BCUT2D eigenvalue weighted by molar-refractivity contribution is 6.42. The number of nitrogens with one attached hydrogen (secondary N) is 2. The van der Waals surface area contributed by atoms with Crippen LogP contribution in [-0.2, 0) is 17.6 Å². The molecule has 0 radical (unpaired) electrons. The van der Waals surface area contributed by atoms with Gasteiger partial charge in [-0.3, -0.25) is 9.59 Å². The number of aryl methyl sites for hydroxylation is 1. The minimum absolute atomic E-state index is 0.175. The van der Waals surface area contributed by atoms with E-state index < -0.39 is 0 Å². The molecular weight excluding hydrogens is 419 g/mol. The number of halogens is 2. The Hall–Kier alpha value is -2.82. The largest absolute Gasteiger partial charge is 0.352 e. The molecule has 0 aliphatic rings. The molecule has 0 fully saturated rings. The first-order valence-corrected chi connectivity index (χ1v) is 10.4. The zero-order chi connectivity index (χ0) is 21.3. The maximum atomic E-state index is 12.6. The summed E-state index contributed by atoms with van der Waals surface area (Å²) in [6.07, 6.45) is 1.53. The zero-order valence-electron chi connectivity index (χ0n) is 16.3. The summed E-state index contributed by atoms with van der Waals surface area (Å²) in [5.74, 6) is -0.392. The number of anilines is 1. The summed E-state index contributed by atoms with van der Waals surface area (Å²) in [6, 6.07) is 22.3. The van der Waals surface area contributed by atoms with Gasteiger partial charge in [0, 0.05) is 13.0 Å². The summed E-state index contributed by atoms with van der Waals surface area (Å²) in [4.78, 5) is 25.0. The van der Waals surface area contributed by atoms with Crippen LogP contribution in [0.1, 0.15) is 27.9 Å². The van der Waals surface area contributed by atoms with Gasteiger partial charge in [-0.15, -0.1) is 0 Å². The van der Waals surface area contributed by atoms with E-state index in [4.69, 9.17) is 23.2 Å². The maximum Gasteiger partial charge on any atom is 0.253 e. The molecule has 3 aromatic carbocycles. The first-order chi connectivity index (χ1) is 14.5. The molecule has 0 saturated carbocycles. The van der Waals surface area contributed by atoms with E-state index in [1.54, 1.807) is 36.4 Å². The van der Waals surface area contributed by atoms with Crippen molar-refractivity contribution in [3.8, 4) is 0 Å². The second kappa shape index (κ2) is 10.8. The molecule has 4 nitrogen and oxygen atoms in total. The van der Waals surface area contributed by atoms with Gasteiger partial charge in [-0.05, 0) is 48.2 Å². The Bertz CT molecular complexity index is 1020. The Morgan fingerprint density at radius 2 is 1.50 bits per heavy atom. The molecule has 0 saturated heterocycles. The molecular formula is C24H22Cl2N2O2. The molecule has 0 aliphatic heterocycles. The van der Waals surface area contributed by atoms with Crippen LogP contribution in [0.4, 0.5) is 5.69 Å². The Morgan fingerprint density at radius 3 is 2.27 bits per heavy atom. The van der Waals surface area contributed by atoms with Crippen molar-refractivity contribution in [1.82, 2.24) is 5.32 Å². The molecule has 3 aromatic rings. The van der Waals surface area contributed by atoms with Crippen LogP contribution in [0, 0.1) is 0 Å². The van der Waals surface area contributed by atoms with Gasteiger partial charge in [0.2, 0.25) is 5.91 Å². The van der Waals surface area contributed by atoms with E-state index in [0.717, 1.165) is 17.5 Å². The van der Waals surface area contributed by atoms with Gasteiger partial charge < -0.3 is 10.6 Å². The summed E-state index contributed by atoms with van der Waals surface area (Å²) in [6.45, 7) is 0.516. The lowest BCUT2D eigenvalue weighted by Crippen LogP contribution is -2.27. The van der Waals surface area contributed by atoms with E-state index in [2.05, 4.69) is 10.6 Å². The predicted molar refractivity (Wildman–Crippen MR) is 122 cm³/mol. The fraction of sp³-hybridized carbons (Fsp3) is 0.167. The SMILES string of the molecule is O=C(CCc1ccc(Cl)c(Cl)c1)Nc1ccccc1C(=O)NCCc1ccccc1. The minimum Gasteiger partial charge on any atom is -0.352 e. The number of rotatable bonds is 8. The van der Waals surface area contributed by atoms with Crippen molar-refractivity contribution < 1.29 is 9.59 Å². The standard InChI is InChI=1S/C24H22Cl2N2O2/c25-20-12-10-18(16-21(20)26)11-13-23(29)28-22-9-5-4-8-19(22)24(30)27-15-14-17-6-2-1-3-7-17/h1-10,12,16H,11,13-15H2,(H,27,30)(H,28,29). The van der Waals surface area contributed by atoms with Crippen molar-refractivity contribution in [3.63, 3.8) is 0 Å². The highest BCUT2D eigenvalue weighted by atomic mass is 35.5. The van der Waals surface area contributed by atoms with Crippen molar-refractivity contribution in [2.45, 2.75) is 19.3 Å². The van der Waals surface area contributed by atoms with Gasteiger partial charge in [-0.1, -0.05) is 71.7 Å². The van der Waals surface area contributed by atoms with Crippen LogP contribution >= 0.6 is 23.2 Å². The predicted octanol–water partition coefficient (Wildman–Crippen LogP) is 5.54. The first kappa shape index (κ1) is 21.9. The number of para-hydroxylation sites is 1. The fourth-order valence-corrected chi connectivity index (χ4v) is 3.34. The smallest absolute Gasteiger partial charge is 0.253 e. The van der Waals surface area contributed by atoms with E-state index in [0.29, 0.717) is 34.3 Å². The molecule has 0 heterocycles. The average molecular weight is 441 g/mol. The third-order valence-electron chi connectivity index (χ3n) is 4.61. The van der Waals surface area contributed by atoms with Crippen molar-refractivity contribution in [3.05, 3.63) is 99.5 Å². The lowest BCUT2D eigenvalue weighted by molar-refractivity contribution is -0.116. The van der Waals surface area contributed by atoms with Gasteiger partial charge >= 0.3 is 0 Å². The van der Waals surface area contributed by atoms with E-state index >= 15 is 0 Å². The normalized spacial score (nSPS) is 10.5. The molecule has 30 heavy (non-hydrogen) atoms. The van der Waals surface area contributed by atoms with Crippen LogP contribution in [-0.4, -0.2) is 18.4 Å². The molecule has 0 aromatic heterocycles. The van der Waals surface area contributed by atoms with Crippen LogP contribution in [0.2, 0.25) is 10.0 Å². The molecule has 0 bridgehead atoms. The monoisotopic (exact) mass is 440 g/mol. The van der Waals surface area contributed by atoms with E-state index in [-0.39, 0.29) is 18.2 Å². The van der Waals surface area contributed by atoms with E-state index in [1.807, 2.05) is 36.4 Å². The average Bonchev–Trinajstić information content (AvgIpc) is 2.75. The quantitative estimate of drug-likeness (QED) is 0.483. The number of carbonyl (C=O) groups excluding carboxylic acids is 2. The summed E-state index contributed by atoms with van der Waals surface area (Å²) in [7, 11) is 0. The first-order valence-electron chi connectivity index (χ1n) is 9.68. The Labute approximate surface area is 186 Å². The third kappa shape index (κ3) is 6.34. The molecule has 154 valence electrons. The number of hydrogen-bond acceptors (Lipinski definition) is 2. The Morgan fingerprint density at radius 1 is 0.767 bits per heavy atom. The lowest BCUT2D eigenvalue weighted by atomic mass is 10.1. The topological polar surface area (TPSA) is 58.2 Å². The third-order valence-corrected chi connectivity index (χ3v) is 5.35. The molecule has 2 N–H and O–H groups in total. The van der Waals surface area contributed by atoms with Crippen molar-refractivity contribution >= 4 is 40.7 Å². The summed E-state index contributed by atoms with van der Waals surface area (Å²) < 4.78 is 0. The molecule has 0 spiro atoms. The number of hydrogen-bond donors (Lipinski definition) is 2. The van der Waals surface area contributed by atoms with Crippen molar-refractivity contribution in [2.24, 2.45) is 0 Å². The molecule has 6 heteroatoms. The molecule has 0 unspecified atom stereocenters. The van der Waals surface area contributed by atoms with Gasteiger partial charge in [-0.2, -0.15) is 0 Å². The van der Waals surface area contributed by atoms with E-state index in [9.17, 15) is 9.59 Å². The van der Waals surface area contributed by atoms with Crippen LogP contribution < -0.4 is 10.6 Å². The van der Waals surface area contributed by atoms with Gasteiger partial charge in [0.25, 0.3) is 5.91 Å². The lowest BCUT2D eigenvalue weighted by Gasteiger charge is -2.12. The second-order valence-electron chi connectivity index (χ2n) is 6.83. The van der Waals surface area contributed by atoms with Crippen molar-refractivity contribution in [1.29, 1.82) is 0 Å².